The first-order valence-electron chi connectivity index (χ1n) is 5.72. The van der Waals surface area contributed by atoms with Crippen LogP contribution in [0.1, 0.15) is 13.8 Å². The summed E-state index contributed by atoms with van der Waals surface area (Å²) in [5.41, 5.74) is 0. The normalized spacial score (nSPS) is 34.7. The van der Waals surface area contributed by atoms with E-state index in [0.29, 0.717) is 0 Å². The molecule has 0 unspecified atom stereocenters. The van der Waals surface area contributed by atoms with Crippen LogP contribution in [0, 0.1) is 0 Å². The van der Waals surface area contributed by atoms with Gasteiger partial charge in [0.25, 0.3) is 0 Å². The molecule has 0 bridgehead atoms. The number of hydrogen-bond donors (Lipinski definition) is 2. The summed E-state index contributed by atoms with van der Waals surface area (Å²) in [4.78, 5) is 22.1. The molecule has 0 saturated carbocycles. The Morgan fingerprint density at radius 1 is 1.16 bits per heavy atom. The van der Waals surface area contributed by atoms with Crippen molar-refractivity contribution in [3.63, 3.8) is 0 Å². The van der Waals surface area contributed by atoms with Gasteiger partial charge in [-0.05, 0) is 0 Å². The Bertz CT molecular complexity index is 331. The number of aliphatic hydroxyl groups excluding tert-OH is 2. The molecule has 0 aromatic rings. The predicted octanol–water partition coefficient (Wildman–Crippen LogP) is -1.43. The maximum absolute atomic E-state index is 11.1. The molecule has 8 nitrogen and oxygen atoms in total. The summed E-state index contributed by atoms with van der Waals surface area (Å²) in [7, 11) is 1.30. The molecule has 1 aliphatic rings. The number of carbonyl (C=O) groups excluding carboxylic acids is 2. The molecule has 0 aromatic carbocycles. The quantitative estimate of drug-likeness (QED) is 0.602. The van der Waals surface area contributed by atoms with Crippen LogP contribution in [0.5, 0.6) is 0 Å². The molecule has 1 fully saturated rings. The van der Waals surface area contributed by atoms with Crippen LogP contribution < -0.4 is 0 Å². The highest BCUT2D eigenvalue weighted by molar-refractivity contribution is 5.67. The zero-order valence-electron chi connectivity index (χ0n) is 10.9. The van der Waals surface area contributed by atoms with Gasteiger partial charge in [-0.2, -0.15) is 0 Å². The van der Waals surface area contributed by atoms with Gasteiger partial charge in [0.1, 0.15) is 12.2 Å². The number of rotatable bonds is 4. The fraction of sp³-hybridized carbons (Fsp3) is 0.818. The summed E-state index contributed by atoms with van der Waals surface area (Å²) in [6.45, 7) is 1.83. The standard InChI is InChI=1S/C11H18O8/c1-5(13)17-9-8(15)7(4-12)19-11(16-3)10(9)18-6(2)14/h7-12,15H,4H2,1-3H3/t7-,8-,9+,10-,11-/m1/s1. The van der Waals surface area contributed by atoms with Crippen molar-refractivity contribution in [1.29, 1.82) is 0 Å². The minimum absolute atomic E-state index is 0.494. The molecule has 19 heavy (non-hydrogen) atoms. The molecular weight excluding hydrogens is 260 g/mol. The zero-order chi connectivity index (χ0) is 14.6. The topological polar surface area (TPSA) is 112 Å². The molecule has 1 heterocycles. The summed E-state index contributed by atoms with van der Waals surface area (Å²) < 4.78 is 20.1. The number of esters is 2. The molecular formula is C11H18O8. The fourth-order valence-corrected chi connectivity index (χ4v) is 1.87. The summed E-state index contributed by atoms with van der Waals surface area (Å²) in [5, 5.41) is 19.1. The summed E-state index contributed by atoms with van der Waals surface area (Å²) in [6.07, 6.45) is -5.65. The smallest absolute Gasteiger partial charge is 0.303 e. The molecule has 8 heteroatoms. The van der Waals surface area contributed by atoms with Crippen LogP contribution >= 0.6 is 0 Å². The van der Waals surface area contributed by atoms with E-state index < -0.39 is 49.3 Å². The lowest BCUT2D eigenvalue weighted by Crippen LogP contribution is -2.61. The van der Waals surface area contributed by atoms with Gasteiger partial charge < -0.3 is 29.2 Å². The highest BCUT2D eigenvalue weighted by Gasteiger charge is 2.49. The van der Waals surface area contributed by atoms with Crippen LogP contribution in [0.3, 0.4) is 0 Å². The third-order valence-corrected chi connectivity index (χ3v) is 2.63. The lowest BCUT2D eigenvalue weighted by Gasteiger charge is -2.42. The lowest BCUT2D eigenvalue weighted by atomic mass is 9.98. The molecule has 2 N–H and O–H groups in total. The van der Waals surface area contributed by atoms with Crippen LogP contribution in [0.2, 0.25) is 0 Å². The monoisotopic (exact) mass is 278 g/mol. The second kappa shape index (κ2) is 6.80. The van der Waals surface area contributed by atoms with Crippen molar-refractivity contribution < 1.29 is 38.7 Å². The van der Waals surface area contributed by atoms with Crippen LogP contribution in [-0.2, 0) is 28.5 Å². The molecule has 5 atom stereocenters. The molecule has 0 spiro atoms. The van der Waals surface area contributed by atoms with E-state index in [1.54, 1.807) is 0 Å². The maximum atomic E-state index is 11.1. The Morgan fingerprint density at radius 3 is 2.11 bits per heavy atom. The van der Waals surface area contributed by atoms with Crippen molar-refractivity contribution in [2.75, 3.05) is 13.7 Å². The zero-order valence-corrected chi connectivity index (χ0v) is 10.9. The van der Waals surface area contributed by atoms with E-state index in [2.05, 4.69) is 0 Å². The van der Waals surface area contributed by atoms with Gasteiger partial charge in [0.05, 0.1) is 6.61 Å². The molecule has 0 aliphatic carbocycles. The van der Waals surface area contributed by atoms with Gasteiger partial charge in [0.15, 0.2) is 18.5 Å². The van der Waals surface area contributed by atoms with Gasteiger partial charge in [0, 0.05) is 21.0 Å². The SMILES string of the molecule is CO[C@@H]1O[C@H](CO)[C@@H](O)[C@H](OC(C)=O)[C@H]1OC(C)=O. The van der Waals surface area contributed by atoms with Gasteiger partial charge in [-0.1, -0.05) is 0 Å². The predicted molar refractivity (Wildman–Crippen MR) is 59.9 cm³/mol. The first-order valence-corrected chi connectivity index (χ1v) is 5.72. The number of carbonyl (C=O) groups is 2. The molecule has 0 amide bonds. The summed E-state index contributed by atoms with van der Waals surface area (Å²) in [6, 6.07) is 0. The van der Waals surface area contributed by atoms with E-state index in [-0.39, 0.29) is 0 Å². The Hall–Kier alpha value is -1.22. The third kappa shape index (κ3) is 3.87. The fourth-order valence-electron chi connectivity index (χ4n) is 1.87. The Balaban J connectivity index is 2.96. The van der Waals surface area contributed by atoms with Crippen molar-refractivity contribution >= 4 is 11.9 Å². The highest BCUT2D eigenvalue weighted by Crippen LogP contribution is 2.26. The lowest BCUT2D eigenvalue weighted by molar-refractivity contribution is -0.299. The Morgan fingerprint density at radius 2 is 1.68 bits per heavy atom. The van der Waals surface area contributed by atoms with E-state index in [4.69, 9.17) is 24.1 Å². The van der Waals surface area contributed by atoms with Gasteiger partial charge in [-0.25, -0.2) is 0 Å². The van der Waals surface area contributed by atoms with Crippen molar-refractivity contribution in [2.24, 2.45) is 0 Å². The second-order valence-corrected chi connectivity index (χ2v) is 4.10. The number of ether oxygens (including phenoxy) is 4. The van der Waals surface area contributed by atoms with E-state index in [1.165, 1.54) is 14.0 Å². The van der Waals surface area contributed by atoms with Crippen molar-refractivity contribution in [3.05, 3.63) is 0 Å². The first kappa shape index (κ1) is 15.8. The van der Waals surface area contributed by atoms with Gasteiger partial charge in [-0.3, -0.25) is 9.59 Å². The second-order valence-electron chi connectivity index (χ2n) is 4.10. The minimum Gasteiger partial charge on any atom is -0.455 e. The molecule has 110 valence electrons. The number of methoxy groups -OCH3 is 1. The van der Waals surface area contributed by atoms with Crippen LogP contribution in [0.4, 0.5) is 0 Å². The largest absolute Gasteiger partial charge is 0.455 e. The van der Waals surface area contributed by atoms with Crippen LogP contribution in [0.25, 0.3) is 0 Å². The van der Waals surface area contributed by atoms with Gasteiger partial charge in [-0.15, -0.1) is 0 Å². The Kier molecular flexibility index (Phi) is 5.67. The number of hydrogen-bond acceptors (Lipinski definition) is 8. The molecule has 1 aliphatic heterocycles. The first-order chi connectivity index (χ1) is 8.90. The van der Waals surface area contributed by atoms with Gasteiger partial charge in [0.2, 0.25) is 0 Å². The molecule has 1 saturated heterocycles. The van der Waals surface area contributed by atoms with E-state index in [9.17, 15) is 14.7 Å². The molecule has 0 aromatic heterocycles. The van der Waals surface area contributed by atoms with Gasteiger partial charge >= 0.3 is 11.9 Å². The van der Waals surface area contributed by atoms with Crippen molar-refractivity contribution in [3.8, 4) is 0 Å². The third-order valence-electron chi connectivity index (χ3n) is 2.63. The average Bonchev–Trinajstić information content (AvgIpc) is 2.33. The van der Waals surface area contributed by atoms with E-state index in [1.807, 2.05) is 0 Å². The maximum Gasteiger partial charge on any atom is 0.303 e. The van der Waals surface area contributed by atoms with Crippen LogP contribution in [0.15, 0.2) is 0 Å². The number of aliphatic hydroxyl groups is 2. The average molecular weight is 278 g/mol. The van der Waals surface area contributed by atoms with Crippen LogP contribution in [-0.4, -0.2) is 66.6 Å². The van der Waals surface area contributed by atoms with E-state index in [0.717, 1.165) is 6.92 Å². The minimum atomic E-state index is -1.33. The molecule has 1 rings (SSSR count). The molecule has 0 radical (unpaired) electrons. The van der Waals surface area contributed by atoms with Crippen molar-refractivity contribution in [1.82, 2.24) is 0 Å². The summed E-state index contributed by atoms with van der Waals surface area (Å²) >= 11 is 0. The highest BCUT2D eigenvalue weighted by atomic mass is 16.7. The summed E-state index contributed by atoms with van der Waals surface area (Å²) in [5.74, 6) is -1.29. The Labute approximate surface area is 110 Å². The van der Waals surface area contributed by atoms with E-state index >= 15 is 0 Å². The van der Waals surface area contributed by atoms with Crippen molar-refractivity contribution in [2.45, 2.75) is 44.6 Å².